The van der Waals surface area contributed by atoms with Gasteiger partial charge in [-0.2, -0.15) is 5.10 Å². The van der Waals surface area contributed by atoms with E-state index in [-0.39, 0.29) is 13.0 Å². The quantitative estimate of drug-likeness (QED) is 0.238. The number of carbonyl (C=O) groups is 2. The molecular formula is C37H47FN6O5. The highest BCUT2D eigenvalue weighted by Crippen LogP contribution is 2.41. The molecule has 3 atom stereocenters. The summed E-state index contributed by atoms with van der Waals surface area (Å²) in [5.74, 6) is 1.28. The maximum Gasteiger partial charge on any atom is 0.404 e. The number of ether oxygens (including phenoxy) is 3. The first-order valence-electron chi connectivity index (χ1n) is 17.2. The van der Waals surface area contributed by atoms with Gasteiger partial charge in [0, 0.05) is 61.9 Å². The third-order valence-corrected chi connectivity index (χ3v) is 10.4. The van der Waals surface area contributed by atoms with Crippen LogP contribution in [0.15, 0.2) is 36.5 Å². The summed E-state index contributed by atoms with van der Waals surface area (Å²) in [6, 6.07) is 9.99. The van der Waals surface area contributed by atoms with Gasteiger partial charge >= 0.3 is 6.09 Å². The lowest BCUT2D eigenvalue weighted by molar-refractivity contribution is -0.0571. The van der Waals surface area contributed by atoms with E-state index in [9.17, 15) is 9.59 Å². The molecule has 1 saturated carbocycles. The number of anilines is 1. The predicted molar refractivity (Wildman–Crippen MR) is 186 cm³/mol. The van der Waals surface area contributed by atoms with Crippen LogP contribution in [0.2, 0.25) is 0 Å². The minimum absolute atomic E-state index is 0.0263. The van der Waals surface area contributed by atoms with Crippen LogP contribution in [0.25, 0.3) is 27.8 Å². The molecule has 12 heteroatoms. The number of pyridine rings is 1. The summed E-state index contributed by atoms with van der Waals surface area (Å²) in [6.07, 6.45) is 0.841. The zero-order valence-corrected chi connectivity index (χ0v) is 29.2. The SMILES string of the molecule is COCC1CN(c2ccc3cc(-c4nn5cc(C(=O)N6C[C@H](F)C[C@@H](OC(N)=O)C6C(C)(C)C)cc(OC)c5c4C)n(CC4CC4)c3c2)C1. The summed E-state index contributed by atoms with van der Waals surface area (Å²) in [4.78, 5) is 29.9. The van der Waals surface area contributed by atoms with Crippen LogP contribution in [0, 0.1) is 24.2 Å². The number of benzene rings is 1. The molecule has 1 aliphatic carbocycles. The van der Waals surface area contributed by atoms with E-state index in [1.54, 1.807) is 31.0 Å². The highest BCUT2D eigenvalue weighted by Gasteiger charge is 2.47. The van der Waals surface area contributed by atoms with Crippen LogP contribution in [0.5, 0.6) is 5.75 Å². The second kappa shape index (κ2) is 12.5. The van der Waals surface area contributed by atoms with Crippen LogP contribution in [-0.4, -0.2) is 89.9 Å². The number of hydrogen-bond acceptors (Lipinski definition) is 7. The van der Waals surface area contributed by atoms with Gasteiger partial charge in [0.15, 0.2) is 0 Å². The number of fused-ring (bicyclic) bond motifs is 2. The van der Waals surface area contributed by atoms with Crippen LogP contribution >= 0.6 is 0 Å². The minimum Gasteiger partial charge on any atom is -0.494 e. The molecule has 3 aromatic heterocycles. The third-order valence-electron chi connectivity index (χ3n) is 10.4. The van der Waals surface area contributed by atoms with Crippen LogP contribution in [0.4, 0.5) is 14.9 Å². The molecule has 2 saturated heterocycles. The molecule has 2 N–H and O–H groups in total. The van der Waals surface area contributed by atoms with Crippen molar-refractivity contribution in [2.45, 2.75) is 71.8 Å². The highest BCUT2D eigenvalue weighted by molar-refractivity contribution is 5.96. The monoisotopic (exact) mass is 674 g/mol. The zero-order chi connectivity index (χ0) is 34.8. The van der Waals surface area contributed by atoms with Crippen LogP contribution in [-0.2, 0) is 16.0 Å². The fourth-order valence-corrected chi connectivity index (χ4v) is 7.96. The Hall–Kier alpha value is -4.32. The Balaban J connectivity index is 1.28. The number of amides is 2. The molecule has 2 amide bonds. The van der Waals surface area contributed by atoms with Crippen molar-refractivity contribution in [2.75, 3.05) is 45.4 Å². The first-order valence-corrected chi connectivity index (χ1v) is 17.2. The standard InChI is InChI=1S/C37H47FN6O5/c1-21-32(29-11-24-9-10-27(41-15-23(16-41)20-47-5)14-28(24)42(29)17-22-7-8-22)40-44-18-25(12-30(48-6)33(21)44)35(45)43-19-26(38)13-31(49-36(39)46)34(43)37(2,3)4/h9-12,14,18,22-23,26,31,34H,7-8,13,15-17,19-20H2,1-6H3,(H2,39,46)/t26-,31-,34?/m1/s1. The first-order chi connectivity index (χ1) is 23.4. The van der Waals surface area contributed by atoms with E-state index in [1.807, 2.05) is 27.7 Å². The topological polar surface area (TPSA) is 117 Å². The van der Waals surface area contributed by atoms with Gasteiger partial charge in [0.2, 0.25) is 0 Å². The maximum atomic E-state index is 15.1. The van der Waals surface area contributed by atoms with Gasteiger partial charge in [0.1, 0.15) is 29.2 Å². The van der Waals surface area contributed by atoms with Crippen molar-refractivity contribution in [3.8, 4) is 17.1 Å². The average Bonchev–Trinajstić information content (AvgIpc) is 3.69. The van der Waals surface area contributed by atoms with Crippen molar-refractivity contribution in [1.82, 2.24) is 19.1 Å². The molecule has 7 rings (SSSR count). The van der Waals surface area contributed by atoms with E-state index < -0.39 is 35.7 Å². The number of methoxy groups -OCH3 is 2. The predicted octanol–water partition coefficient (Wildman–Crippen LogP) is 5.83. The van der Waals surface area contributed by atoms with Gasteiger partial charge in [-0.3, -0.25) is 4.79 Å². The van der Waals surface area contributed by atoms with Crippen molar-refractivity contribution in [3.05, 3.63) is 47.7 Å². The molecule has 49 heavy (non-hydrogen) atoms. The highest BCUT2D eigenvalue weighted by atomic mass is 19.1. The van der Waals surface area contributed by atoms with E-state index in [2.05, 4.69) is 33.7 Å². The molecule has 1 aromatic carbocycles. The van der Waals surface area contributed by atoms with Crippen molar-refractivity contribution in [2.24, 2.45) is 23.0 Å². The maximum absolute atomic E-state index is 15.1. The summed E-state index contributed by atoms with van der Waals surface area (Å²) >= 11 is 0. The lowest BCUT2D eigenvalue weighted by Gasteiger charge is -2.47. The second-order valence-electron chi connectivity index (χ2n) is 15.2. The van der Waals surface area contributed by atoms with Crippen molar-refractivity contribution < 1.29 is 28.2 Å². The Morgan fingerprint density at radius 1 is 1.06 bits per heavy atom. The summed E-state index contributed by atoms with van der Waals surface area (Å²) in [5, 5.41) is 6.23. The number of piperidine rings is 1. The molecule has 3 fully saturated rings. The Kier molecular flexibility index (Phi) is 8.49. The third kappa shape index (κ3) is 6.19. The summed E-state index contributed by atoms with van der Waals surface area (Å²) in [5.41, 5.74) is 11.0. The molecule has 5 heterocycles. The molecule has 11 nitrogen and oxygen atoms in total. The normalized spacial score (nSPS) is 21.7. The number of aromatic nitrogens is 3. The lowest BCUT2D eigenvalue weighted by atomic mass is 9.78. The number of primary amides is 1. The molecular weight excluding hydrogens is 627 g/mol. The molecule has 2 aliphatic heterocycles. The van der Waals surface area contributed by atoms with Crippen molar-refractivity contribution >= 4 is 34.1 Å². The lowest BCUT2D eigenvalue weighted by Crippen LogP contribution is -2.61. The number of rotatable bonds is 9. The van der Waals surface area contributed by atoms with Gasteiger partial charge in [-0.1, -0.05) is 26.8 Å². The van der Waals surface area contributed by atoms with Gasteiger partial charge in [-0.15, -0.1) is 0 Å². The van der Waals surface area contributed by atoms with E-state index >= 15 is 4.39 Å². The van der Waals surface area contributed by atoms with E-state index in [4.69, 9.17) is 25.0 Å². The van der Waals surface area contributed by atoms with Gasteiger partial charge in [-0.25, -0.2) is 13.7 Å². The van der Waals surface area contributed by atoms with E-state index in [0.717, 1.165) is 54.1 Å². The van der Waals surface area contributed by atoms with Crippen LogP contribution in [0.1, 0.15) is 56.0 Å². The number of nitrogens with zero attached hydrogens (tertiary/aromatic N) is 5. The molecule has 262 valence electrons. The number of carbonyl (C=O) groups excluding carboxylic acids is 2. The number of halogens is 1. The Morgan fingerprint density at radius 3 is 2.47 bits per heavy atom. The number of aryl methyl sites for hydroxylation is 1. The largest absolute Gasteiger partial charge is 0.494 e. The average molecular weight is 675 g/mol. The second-order valence-corrected chi connectivity index (χ2v) is 15.2. The number of hydrogen-bond donors (Lipinski definition) is 1. The molecule has 0 radical (unpaired) electrons. The summed E-state index contributed by atoms with van der Waals surface area (Å²) < 4.78 is 35.8. The fourth-order valence-electron chi connectivity index (χ4n) is 7.96. The summed E-state index contributed by atoms with van der Waals surface area (Å²) in [7, 11) is 3.33. The molecule has 3 aliphatic rings. The smallest absolute Gasteiger partial charge is 0.404 e. The molecule has 0 bridgehead atoms. The van der Waals surface area contributed by atoms with Gasteiger partial charge < -0.3 is 34.3 Å². The van der Waals surface area contributed by atoms with E-state index in [1.165, 1.54) is 28.9 Å². The number of nitrogens with two attached hydrogens (primary N) is 1. The Bertz CT molecular complexity index is 1900. The summed E-state index contributed by atoms with van der Waals surface area (Å²) in [6.45, 7) is 11.4. The van der Waals surface area contributed by atoms with Gasteiger partial charge in [-0.05, 0) is 55.4 Å². The van der Waals surface area contributed by atoms with Gasteiger partial charge in [0.25, 0.3) is 5.91 Å². The molecule has 4 aromatic rings. The van der Waals surface area contributed by atoms with Crippen molar-refractivity contribution in [1.29, 1.82) is 0 Å². The van der Waals surface area contributed by atoms with Gasteiger partial charge in [0.05, 0.1) is 43.1 Å². The Labute approximate surface area is 286 Å². The van der Waals surface area contributed by atoms with Crippen molar-refractivity contribution in [3.63, 3.8) is 0 Å². The molecule has 0 spiro atoms. The fraction of sp³-hybridized carbons (Fsp3) is 0.541. The van der Waals surface area contributed by atoms with Crippen LogP contribution < -0.4 is 15.4 Å². The first kappa shape index (κ1) is 33.2. The number of alkyl halides is 1. The minimum atomic E-state index is -1.38. The van der Waals surface area contributed by atoms with Crippen LogP contribution in [0.3, 0.4) is 0 Å². The Morgan fingerprint density at radius 2 is 1.82 bits per heavy atom. The molecule has 1 unspecified atom stereocenters. The zero-order valence-electron chi connectivity index (χ0n) is 29.2. The number of likely N-dealkylation sites (tertiary alicyclic amines) is 1. The van der Waals surface area contributed by atoms with E-state index in [0.29, 0.717) is 23.1 Å².